The molecule has 4 heteroatoms. The van der Waals surface area contributed by atoms with Gasteiger partial charge in [0.2, 0.25) is 5.91 Å². The van der Waals surface area contributed by atoms with Crippen LogP contribution in [0.2, 0.25) is 0 Å². The number of hydrogen-bond donors (Lipinski definition) is 2. The molecule has 0 saturated heterocycles. The fourth-order valence-electron chi connectivity index (χ4n) is 1.85. The molecule has 1 amide bonds. The molecule has 0 aromatic rings. The average molecular weight is 217 g/mol. The fraction of sp³-hybridized carbons (Fsp3) is 0.900. The van der Waals surface area contributed by atoms with Crippen molar-refractivity contribution in [3.8, 4) is 0 Å². The van der Waals surface area contributed by atoms with Crippen LogP contribution in [-0.2, 0) is 4.79 Å². The third kappa shape index (κ3) is 3.88. The van der Waals surface area contributed by atoms with E-state index in [2.05, 4.69) is 5.32 Å². The van der Waals surface area contributed by atoms with Crippen LogP contribution in [0.4, 0.5) is 0 Å². The van der Waals surface area contributed by atoms with Crippen molar-refractivity contribution >= 4 is 17.7 Å². The van der Waals surface area contributed by atoms with Crippen LogP contribution in [0.1, 0.15) is 25.7 Å². The third-order valence-corrected chi connectivity index (χ3v) is 3.26. The molecule has 3 nitrogen and oxygen atoms in total. The molecule has 1 saturated carbocycles. The Morgan fingerprint density at radius 3 is 2.86 bits per heavy atom. The fourth-order valence-corrected chi connectivity index (χ4v) is 2.22. The third-order valence-electron chi connectivity index (χ3n) is 2.71. The minimum Gasteiger partial charge on any atom is -0.393 e. The van der Waals surface area contributed by atoms with Crippen molar-refractivity contribution in [2.45, 2.75) is 31.8 Å². The van der Waals surface area contributed by atoms with E-state index >= 15 is 0 Å². The summed E-state index contributed by atoms with van der Waals surface area (Å²) in [5.74, 6) is 0.868. The highest BCUT2D eigenvalue weighted by Crippen LogP contribution is 2.23. The Hall–Kier alpha value is -0.220. The van der Waals surface area contributed by atoms with E-state index in [9.17, 15) is 9.90 Å². The van der Waals surface area contributed by atoms with Gasteiger partial charge in [-0.2, -0.15) is 11.8 Å². The Morgan fingerprint density at radius 1 is 1.50 bits per heavy atom. The number of hydrogen-bond acceptors (Lipinski definition) is 3. The molecule has 0 spiro atoms. The van der Waals surface area contributed by atoms with Crippen molar-refractivity contribution in [2.75, 3.05) is 18.6 Å². The Bertz CT molecular complexity index is 187. The molecule has 2 unspecified atom stereocenters. The predicted octanol–water partition coefficient (Wildman–Crippen LogP) is 1.02. The van der Waals surface area contributed by atoms with Crippen LogP contribution in [0.25, 0.3) is 0 Å². The van der Waals surface area contributed by atoms with Gasteiger partial charge in [-0.1, -0.05) is 12.8 Å². The molecule has 1 fully saturated rings. The summed E-state index contributed by atoms with van der Waals surface area (Å²) in [5.41, 5.74) is 0. The summed E-state index contributed by atoms with van der Waals surface area (Å²) in [6, 6.07) is 0. The zero-order chi connectivity index (χ0) is 10.4. The van der Waals surface area contributed by atoms with Gasteiger partial charge in [-0.15, -0.1) is 0 Å². The highest BCUT2D eigenvalue weighted by Gasteiger charge is 2.22. The van der Waals surface area contributed by atoms with E-state index in [4.69, 9.17) is 0 Å². The molecule has 1 rings (SSSR count). The van der Waals surface area contributed by atoms with E-state index in [-0.39, 0.29) is 17.9 Å². The Labute approximate surface area is 89.6 Å². The van der Waals surface area contributed by atoms with E-state index < -0.39 is 0 Å². The van der Waals surface area contributed by atoms with Gasteiger partial charge in [0.05, 0.1) is 11.9 Å². The molecular weight excluding hydrogens is 198 g/mol. The minimum atomic E-state index is -0.210. The molecule has 1 aliphatic carbocycles. The van der Waals surface area contributed by atoms with Crippen molar-refractivity contribution < 1.29 is 9.90 Å². The predicted molar refractivity (Wildman–Crippen MR) is 59.4 cm³/mol. The van der Waals surface area contributed by atoms with Gasteiger partial charge in [0, 0.05) is 12.5 Å². The maximum absolute atomic E-state index is 11.2. The Balaban J connectivity index is 2.19. The first-order valence-corrected chi connectivity index (χ1v) is 6.57. The van der Waals surface area contributed by atoms with E-state index in [0.717, 1.165) is 19.3 Å². The van der Waals surface area contributed by atoms with E-state index in [1.807, 2.05) is 6.26 Å². The van der Waals surface area contributed by atoms with Gasteiger partial charge < -0.3 is 10.4 Å². The van der Waals surface area contributed by atoms with Crippen LogP contribution < -0.4 is 5.32 Å². The number of thioether (sulfide) groups is 1. The van der Waals surface area contributed by atoms with E-state index in [1.165, 1.54) is 18.2 Å². The van der Waals surface area contributed by atoms with Crippen LogP contribution in [0.5, 0.6) is 0 Å². The Morgan fingerprint density at radius 2 is 2.21 bits per heavy atom. The quantitative estimate of drug-likeness (QED) is 0.739. The lowest BCUT2D eigenvalue weighted by Crippen LogP contribution is -2.37. The molecule has 1 aliphatic rings. The lowest BCUT2D eigenvalue weighted by atomic mass is 9.86. The normalized spacial score (nSPS) is 27.3. The van der Waals surface area contributed by atoms with E-state index in [1.54, 1.807) is 0 Å². The minimum absolute atomic E-state index is 0.0790. The van der Waals surface area contributed by atoms with Gasteiger partial charge in [0.15, 0.2) is 0 Å². The van der Waals surface area contributed by atoms with Crippen LogP contribution in [0.3, 0.4) is 0 Å². The monoisotopic (exact) mass is 217 g/mol. The van der Waals surface area contributed by atoms with Crippen LogP contribution in [0.15, 0.2) is 0 Å². The van der Waals surface area contributed by atoms with Crippen LogP contribution in [0, 0.1) is 5.92 Å². The van der Waals surface area contributed by atoms with Crippen molar-refractivity contribution in [1.82, 2.24) is 5.32 Å². The number of aliphatic hydroxyl groups excluding tert-OH is 1. The van der Waals surface area contributed by atoms with Crippen LogP contribution >= 0.6 is 11.8 Å². The molecule has 14 heavy (non-hydrogen) atoms. The number of carbonyl (C=O) groups is 1. The molecule has 0 bridgehead atoms. The largest absolute Gasteiger partial charge is 0.393 e. The van der Waals surface area contributed by atoms with Crippen molar-refractivity contribution in [3.05, 3.63) is 0 Å². The smallest absolute Gasteiger partial charge is 0.229 e. The second-order valence-corrected chi connectivity index (χ2v) is 4.71. The van der Waals surface area contributed by atoms with Gasteiger partial charge in [0.1, 0.15) is 0 Å². The topological polar surface area (TPSA) is 49.3 Å². The molecule has 2 N–H and O–H groups in total. The summed E-state index contributed by atoms with van der Waals surface area (Å²) in [4.78, 5) is 11.2. The first-order chi connectivity index (χ1) is 6.74. The van der Waals surface area contributed by atoms with Crippen molar-refractivity contribution in [2.24, 2.45) is 5.92 Å². The molecular formula is C10H19NO2S. The molecule has 0 aromatic carbocycles. The zero-order valence-electron chi connectivity index (χ0n) is 8.66. The zero-order valence-corrected chi connectivity index (χ0v) is 9.48. The van der Waals surface area contributed by atoms with Crippen LogP contribution in [-0.4, -0.2) is 35.7 Å². The van der Waals surface area contributed by atoms with Gasteiger partial charge in [0.25, 0.3) is 0 Å². The lowest BCUT2D eigenvalue weighted by molar-refractivity contribution is -0.119. The molecule has 0 radical (unpaired) electrons. The summed E-state index contributed by atoms with van der Waals surface area (Å²) in [5, 5.41) is 12.5. The maximum atomic E-state index is 11.2. The van der Waals surface area contributed by atoms with Gasteiger partial charge in [-0.25, -0.2) is 0 Å². The van der Waals surface area contributed by atoms with Gasteiger partial charge >= 0.3 is 0 Å². The SMILES string of the molecule is CSCC(=O)NCC1CCCCC1O. The summed E-state index contributed by atoms with van der Waals surface area (Å²) < 4.78 is 0. The maximum Gasteiger partial charge on any atom is 0.229 e. The molecule has 0 aromatic heterocycles. The lowest BCUT2D eigenvalue weighted by Gasteiger charge is -2.27. The summed E-state index contributed by atoms with van der Waals surface area (Å²) in [6.45, 7) is 0.639. The Kier molecular flexibility index (Phi) is 5.33. The van der Waals surface area contributed by atoms with E-state index in [0.29, 0.717) is 12.3 Å². The van der Waals surface area contributed by atoms with Gasteiger partial charge in [-0.3, -0.25) is 4.79 Å². The summed E-state index contributed by atoms with van der Waals surface area (Å²) in [7, 11) is 0. The second kappa shape index (κ2) is 6.30. The number of carbonyl (C=O) groups excluding carboxylic acids is 1. The number of amides is 1. The second-order valence-electron chi connectivity index (χ2n) is 3.85. The molecule has 2 atom stereocenters. The van der Waals surface area contributed by atoms with Gasteiger partial charge in [-0.05, 0) is 19.1 Å². The highest BCUT2D eigenvalue weighted by atomic mass is 32.2. The first kappa shape index (κ1) is 11.9. The summed E-state index contributed by atoms with van der Waals surface area (Å²) >= 11 is 1.52. The highest BCUT2D eigenvalue weighted by molar-refractivity contribution is 7.99. The first-order valence-electron chi connectivity index (χ1n) is 5.17. The number of nitrogens with one attached hydrogen (secondary N) is 1. The van der Waals surface area contributed by atoms with Crippen molar-refractivity contribution in [1.29, 1.82) is 0 Å². The molecule has 0 heterocycles. The summed E-state index contributed by atoms with van der Waals surface area (Å²) in [6.07, 6.45) is 5.94. The molecule has 82 valence electrons. The average Bonchev–Trinajstić information content (AvgIpc) is 2.17. The number of rotatable bonds is 4. The number of aliphatic hydroxyl groups is 1. The molecule has 0 aliphatic heterocycles. The van der Waals surface area contributed by atoms with Crippen molar-refractivity contribution in [3.63, 3.8) is 0 Å². The standard InChI is InChI=1S/C10H19NO2S/c1-14-7-10(13)11-6-8-4-2-3-5-9(8)12/h8-9,12H,2-7H2,1H3,(H,11,13).